The Balaban J connectivity index is 1.39. The standard InChI is InChI=1S/C26H24FN5O6S2/c1-39(35,36)23-10-3-2-8-19(23)16-11-12-22(20(27)15-16)32-13-5-9-21(25(32)33)31-40(37,38)18-7-4-6-17(14-18)24-28-26(34)30-29-24/h2-4,6-8,10-12,14-15,21,31H,5,9,13H2,1H3,(H2,28,29,30,34). The number of benzene rings is 3. The maximum atomic E-state index is 15.3. The fourth-order valence-electron chi connectivity index (χ4n) is 4.62. The average molecular weight is 586 g/mol. The quantitative estimate of drug-likeness (QED) is 0.300. The summed E-state index contributed by atoms with van der Waals surface area (Å²) < 4.78 is 68.5. The maximum Gasteiger partial charge on any atom is 0.340 e. The summed E-state index contributed by atoms with van der Waals surface area (Å²) in [4.78, 5) is 28.2. The van der Waals surface area contributed by atoms with Crippen molar-refractivity contribution in [2.75, 3.05) is 17.7 Å². The van der Waals surface area contributed by atoms with Crippen LogP contribution in [0.2, 0.25) is 0 Å². The molecule has 1 saturated heterocycles. The van der Waals surface area contributed by atoms with Gasteiger partial charge in [-0.05, 0) is 48.7 Å². The molecule has 5 rings (SSSR count). The third-order valence-electron chi connectivity index (χ3n) is 6.49. The molecule has 0 saturated carbocycles. The van der Waals surface area contributed by atoms with Gasteiger partial charge in [0.15, 0.2) is 15.7 Å². The number of sulfone groups is 1. The summed E-state index contributed by atoms with van der Waals surface area (Å²) in [6, 6.07) is 14.8. The van der Waals surface area contributed by atoms with Crippen LogP contribution in [0.15, 0.2) is 81.3 Å². The molecule has 1 aromatic heterocycles. The van der Waals surface area contributed by atoms with Crippen molar-refractivity contribution < 1.29 is 26.0 Å². The van der Waals surface area contributed by atoms with Gasteiger partial charge in [-0.3, -0.25) is 9.78 Å². The largest absolute Gasteiger partial charge is 0.340 e. The van der Waals surface area contributed by atoms with Crippen LogP contribution in [0.1, 0.15) is 12.8 Å². The molecule has 1 fully saturated rings. The molecule has 11 nitrogen and oxygen atoms in total. The van der Waals surface area contributed by atoms with Gasteiger partial charge >= 0.3 is 5.69 Å². The number of sulfonamides is 1. The molecule has 208 valence electrons. The van der Waals surface area contributed by atoms with E-state index in [4.69, 9.17) is 0 Å². The second kappa shape index (κ2) is 10.4. The van der Waals surface area contributed by atoms with Crippen molar-refractivity contribution in [2.45, 2.75) is 28.7 Å². The Morgan fingerprint density at radius 1 is 0.975 bits per heavy atom. The lowest BCUT2D eigenvalue weighted by Crippen LogP contribution is -2.52. The van der Waals surface area contributed by atoms with Gasteiger partial charge < -0.3 is 4.90 Å². The number of hydrogen-bond acceptors (Lipinski definition) is 7. The number of aromatic amines is 2. The first-order valence-corrected chi connectivity index (χ1v) is 15.5. The maximum absolute atomic E-state index is 15.3. The van der Waals surface area contributed by atoms with Crippen LogP contribution in [0, 0.1) is 5.82 Å². The molecule has 4 aromatic rings. The number of nitrogens with zero attached hydrogens (tertiary/aromatic N) is 2. The molecular formula is C26H24FN5O6S2. The van der Waals surface area contributed by atoms with E-state index >= 15 is 4.39 Å². The molecule has 1 aliphatic heterocycles. The summed E-state index contributed by atoms with van der Waals surface area (Å²) in [7, 11) is -7.74. The van der Waals surface area contributed by atoms with Gasteiger partial charge in [-0.1, -0.05) is 36.4 Å². The number of carbonyl (C=O) groups excluding carboxylic acids is 1. The number of hydrogen-bond donors (Lipinski definition) is 3. The zero-order valence-corrected chi connectivity index (χ0v) is 22.7. The van der Waals surface area contributed by atoms with Crippen LogP contribution in [0.3, 0.4) is 0 Å². The van der Waals surface area contributed by atoms with Gasteiger partial charge in [0.1, 0.15) is 11.9 Å². The molecule has 0 spiro atoms. The normalized spacial score (nSPS) is 16.3. The van der Waals surface area contributed by atoms with Crippen LogP contribution in [0.4, 0.5) is 10.1 Å². The minimum absolute atomic E-state index is 0.0426. The number of rotatable bonds is 7. The highest BCUT2D eigenvalue weighted by atomic mass is 32.2. The predicted molar refractivity (Wildman–Crippen MR) is 145 cm³/mol. The topological polar surface area (TPSA) is 162 Å². The molecule has 0 aliphatic carbocycles. The first-order valence-electron chi connectivity index (χ1n) is 12.1. The minimum Gasteiger partial charge on any atom is -0.308 e. The van der Waals surface area contributed by atoms with Gasteiger partial charge in [-0.2, -0.15) is 9.82 Å². The van der Waals surface area contributed by atoms with Crippen molar-refractivity contribution in [3.63, 3.8) is 0 Å². The molecule has 40 heavy (non-hydrogen) atoms. The number of aromatic nitrogens is 3. The first kappa shape index (κ1) is 27.4. The highest BCUT2D eigenvalue weighted by Gasteiger charge is 2.34. The monoisotopic (exact) mass is 585 g/mol. The van der Waals surface area contributed by atoms with Crippen LogP contribution >= 0.6 is 0 Å². The van der Waals surface area contributed by atoms with Gasteiger partial charge in [0.2, 0.25) is 15.9 Å². The molecule has 1 unspecified atom stereocenters. The van der Waals surface area contributed by atoms with Gasteiger partial charge in [-0.15, -0.1) is 0 Å². The van der Waals surface area contributed by atoms with E-state index in [-0.39, 0.29) is 34.3 Å². The molecule has 3 N–H and O–H groups in total. The van der Waals surface area contributed by atoms with Gasteiger partial charge in [-0.25, -0.2) is 31.1 Å². The van der Waals surface area contributed by atoms with Crippen molar-refractivity contribution >= 4 is 31.5 Å². The fraction of sp³-hybridized carbons (Fsp3) is 0.192. The number of carbonyl (C=O) groups is 1. The van der Waals surface area contributed by atoms with E-state index in [9.17, 15) is 26.4 Å². The molecular weight excluding hydrogens is 561 g/mol. The molecule has 3 aromatic carbocycles. The summed E-state index contributed by atoms with van der Waals surface area (Å²) in [5.41, 5.74) is 0.403. The predicted octanol–water partition coefficient (Wildman–Crippen LogP) is 2.45. The number of anilines is 1. The van der Waals surface area contributed by atoms with Gasteiger partial charge in [0, 0.05) is 23.9 Å². The van der Waals surface area contributed by atoms with E-state index in [1.54, 1.807) is 24.3 Å². The van der Waals surface area contributed by atoms with Crippen molar-refractivity contribution in [1.29, 1.82) is 0 Å². The van der Waals surface area contributed by atoms with Crippen molar-refractivity contribution in [3.8, 4) is 22.5 Å². The Morgan fingerprint density at radius 2 is 1.75 bits per heavy atom. The van der Waals surface area contributed by atoms with Crippen molar-refractivity contribution in [2.24, 2.45) is 0 Å². The zero-order valence-electron chi connectivity index (χ0n) is 21.1. The van der Waals surface area contributed by atoms with Gasteiger partial charge in [0.25, 0.3) is 0 Å². The Hall–Kier alpha value is -4.14. The third-order valence-corrected chi connectivity index (χ3v) is 9.12. The highest BCUT2D eigenvalue weighted by molar-refractivity contribution is 7.91. The van der Waals surface area contributed by atoms with Gasteiger partial charge in [0.05, 0.1) is 15.5 Å². The molecule has 0 bridgehead atoms. The lowest BCUT2D eigenvalue weighted by molar-refractivity contribution is -0.121. The summed E-state index contributed by atoms with van der Waals surface area (Å²) in [5, 5.41) is 6.01. The number of halogens is 1. The zero-order chi connectivity index (χ0) is 28.7. The number of amides is 1. The second-order valence-electron chi connectivity index (χ2n) is 9.29. The molecule has 0 radical (unpaired) electrons. The molecule has 2 heterocycles. The highest BCUT2D eigenvalue weighted by Crippen LogP contribution is 2.32. The summed E-state index contributed by atoms with van der Waals surface area (Å²) in [6.07, 6.45) is 1.69. The van der Waals surface area contributed by atoms with E-state index < -0.39 is 43.3 Å². The number of nitrogens with one attached hydrogen (secondary N) is 3. The van der Waals surface area contributed by atoms with Crippen LogP contribution < -0.4 is 15.3 Å². The van der Waals surface area contributed by atoms with E-state index in [0.29, 0.717) is 23.1 Å². The van der Waals surface area contributed by atoms with Crippen LogP contribution in [0.5, 0.6) is 0 Å². The van der Waals surface area contributed by atoms with Crippen molar-refractivity contribution in [1.82, 2.24) is 19.9 Å². The Labute approximate surface area is 229 Å². The Bertz CT molecular complexity index is 1880. The average Bonchev–Trinajstić information content (AvgIpc) is 3.36. The summed E-state index contributed by atoms with van der Waals surface area (Å²) in [5.74, 6) is -1.22. The van der Waals surface area contributed by atoms with Crippen LogP contribution in [0.25, 0.3) is 22.5 Å². The number of piperidine rings is 1. The molecule has 1 atom stereocenters. The van der Waals surface area contributed by atoms with E-state index in [2.05, 4.69) is 19.9 Å². The third kappa shape index (κ3) is 5.46. The van der Waals surface area contributed by atoms with E-state index in [1.807, 2.05) is 0 Å². The SMILES string of the molecule is CS(=O)(=O)c1ccccc1-c1ccc(N2CCCC(NS(=O)(=O)c3cccc(-c4n[nH]c(=O)[nH]4)c3)C2=O)c(F)c1. The summed E-state index contributed by atoms with van der Waals surface area (Å²) >= 11 is 0. The smallest absolute Gasteiger partial charge is 0.308 e. The van der Waals surface area contributed by atoms with Crippen LogP contribution in [-0.2, 0) is 24.7 Å². The first-order chi connectivity index (χ1) is 18.9. The van der Waals surface area contributed by atoms with Crippen LogP contribution in [-0.4, -0.2) is 56.8 Å². The lowest BCUT2D eigenvalue weighted by atomic mass is 10.0. The minimum atomic E-state index is -4.17. The molecule has 1 aliphatic rings. The van der Waals surface area contributed by atoms with E-state index in [0.717, 1.165) is 12.3 Å². The summed E-state index contributed by atoms with van der Waals surface area (Å²) in [6.45, 7) is 0.176. The second-order valence-corrected chi connectivity index (χ2v) is 13.0. The molecule has 14 heteroatoms. The van der Waals surface area contributed by atoms with E-state index in [1.165, 1.54) is 41.3 Å². The Morgan fingerprint density at radius 3 is 2.45 bits per heavy atom. The number of H-pyrrole nitrogens is 2. The fourth-order valence-corrected chi connectivity index (χ4v) is 6.80. The Kier molecular flexibility index (Phi) is 7.16. The van der Waals surface area contributed by atoms with Crippen molar-refractivity contribution in [3.05, 3.63) is 83.0 Å². The lowest BCUT2D eigenvalue weighted by Gasteiger charge is -2.32. The molecule has 1 amide bonds.